The SMILES string of the molecule is C=CCn1nc(SCC(=O)N(C)C2CCCCC2)nc1-c1ccc(Br)cc1. The molecular formula is C20H25BrN4OS. The summed E-state index contributed by atoms with van der Waals surface area (Å²) in [5, 5.41) is 5.18. The zero-order valence-corrected chi connectivity index (χ0v) is 18.0. The second kappa shape index (κ2) is 9.55. The number of carbonyl (C=O) groups excluding carboxylic acids is 1. The molecule has 27 heavy (non-hydrogen) atoms. The smallest absolute Gasteiger partial charge is 0.233 e. The van der Waals surface area contributed by atoms with Gasteiger partial charge in [0.15, 0.2) is 5.82 Å². The highest BCUT2D eigenvalue weighted by atomic mass is 79.9. The molecule has 0 atom stereocenters. The summed E-state index contributed by atoms with van der Waals surface area (Å²) >= 11 is 4.86. The van der Waals surface area contributed by atoms with Crippen molar-refractivity contribution < 1.29 is 4.79 Å². The lowest BCUT2D eigenvalue weighted by Crippen LogP contribution is -2.39. The summed E-state index contributed by atoms with van der Waals surface area (Å²) in [5.74, 6) is 1.31. The Morgan fingerprint density at radius 1 is 1.33 bits per heavy atom. The van der Waals surface area contributed by atoms with E-state index in [2.05, 4.69) is 32.6 Å². The Morgan fingerprint density at radius 2 is 2.04 bits per heavy atom. The number of aromatic nitrogens is 3. The van der Waals surface area contributed by atoms with E-state index < -0.39 is 0 Å². The van der Waals surface area contributed by atoms with Gasteiger partial charge in [0.25, 0.3) is 0 Å². The number of nitrogens with zero attached hydrogens (tertiary/aromatic N) is 4. The zero-order valence-electron chi connectivity index (χ0n) is 15.6. The number of hydrogen-bond acceptors (Lipinski definition) is 4. The van der Waals surface area contributed by atoms with E-state index in [1.165, 1.54) is 31.0 Å². The summed E-state index contributed by atoms with van der Waals surface area (Å²) in [7, 11) is 1.93. The molecule has 0 N–H and O–H groups in total. The molecule has 1 saturated carbocycles. The fraction of sp³-hybridized carbons (Fsp3) is 0.450. The lowest BCUT2D eigenvalue weighted by molar-refractivity contribution is -0.129. The van der Waals surface area contributed by atoms with Crippen LogP contribution < -0.4 is 0 Å². The van der Waals surface area contributed by atoms with Crippen molar-refractivity contribution in [2.75, 3.05) is 12.8 Å². The van der Waals surface area contributed by atoms with E-state index in [9.17, 15) is 4.79 Å². The van der Waals surface area contributed by atoms with Crippen LogP contribution in [0.2, 0.25) is 0 Å². The maximum absolute atomic E-state index is 12.6. The molecule has 0 saturated heterocycles. The molecule has 1 aromatic heterocycles. The molecule has 0 unspecified atom stereocenters. The van der Waals surface area contributed by atoms with Gasteiger partial charge < -0.3 is 4.90 Å². The second-order valence-electron chi connectivity index (χ2n) is 6.78. The van der Waals surface area contributed by atoms with E-state index >= 15 is 0 Å². The van der Waals surface area contributed by atoms with Crippen molar-refractivity contribution in [1.82, 2.24) is 19.7 Å². The Balaban J connectivity index is 1.67. The molecule has 1 aromatic carbocycles. The lowest BCUT2D eigenvalue weighted by Gasteiger charge is -2.31. The Bertz CT molecular complexity index is 784. The number of thioether (sulfide) groups is 1. The van der Waals surface area contributed by atoms with Crippen molar-refractivity contribution in [3.05, 3.63) is 41.4 Å². The summed E-state index contributed by atoms with van der Waals surface area (Å²) in [4.78, 5) is 19.1. The lowest BCUT2D eigenvalue weighted by atomic mass is 9.94. The molecule has 1 heterocycles. The average molecular weight is 449 g/mol. The Hall–Kier alpha value is -1.60. The fourth-order valence-corrected chi connectivity index (χ4v) is 4.37. The topological polar surface area (TPSA) is 51.0 Å². The van der Waals surface area contributed by atoms with Crippen LogP contribution in [0.3, 0.4) is 0 Å². The molecule has 1 amide bonds. The van der Waals surface area contributed by atoms with Crippen LogP contribution in [-0.4, -0.2) is 44.4 Å². The van der Waals surface area contributed by atoms with E-state index in [1.54, 1.807) is 6.08 Å². The number of benzene rings is 1. The summed E-state index contributed by atoms with van der Waals surface area (Å²) in [6.07, 6.45) is 7.77. The summed E-state index contributed by atoms with van der Waals surface area (Å²) in [5.41, 5.74) is 0.991. The van der Waals surface area contributed by atoms with Gasteiger partial charge >= 0.3 is 0 Å². The molecule has 144 valence electrons. The highest BCUT2D eigenvalue weighted by Crippen LogP contribution is 2.25. The highest BCUT2D eigenvalue weighted by Gasteiger charge is 2.22. The number of hydrogen-bond donors (Lipinski definition) is 0. The first-order valence-electron chi connectivity index (χ1n) is 9.28. The van der Waals surface area contributed by atoms with Gasteiger partial charge in [0, 0.05) is 23.1 Å². The van der Waals surface area contributed by atoms with Crippen LogP contribution in [0.4, 0.5) is 0 Å². The molecule has 1 fully saturated rings. The Labute approximate surface area is 173 Å². The third-order valence-corrected chi connectivity index (χ3v) is 6.25. The van der Waals surface area contributed by atoms with E-state index in [0.29, 0.717) is 23.5 Å². The average Bonchev–Trinajstić information content (AvgIpc) is 3.10. The van der Waals surface area contributed by atoms with Crippen LogP contribution in [0.1, 0.15) is 32.1 Å². The quantitative estimate of drug-likeness (QED) is 0.451. The monoisotopic (exact) mass is 448 g/mol. The largest absolute Gasteiger partial charge is 0.342 e. The molecule has 7 heteroatoms. The molecule has 0 bridgehead atoms. The molecule has 0 aliphatic heterocycles. The maximum Gasteiger partial charge on any atom is 0.233 e. The van der Waals surface area contributed by atoms with Gasteiger partial charge in [-0.25, -0.2) is 9.67 Å². The highest BCUT2D eigenvalue weighted by molar-refractivity contribution is 9.10. The van der Waals surface area contributed by atoms with Crippen LogP contribution in [-0.2, 0) is 11.3 Å². The van der Waals surface area contributed by atoms with Crippen LogP contribution in [0.5, 0.6) is 0 Å². The molecule has 1 aliphatic rings. The summed E-state index contributed by atoms with van der Waals surface area (Å²) in [6, 6.07) is 8.36. The zero-order chi connectivity index (χ0) is 19.2. The normalized spacial score (nSPS) is 14.9. The van der Waals surface area contributed by atoms with Gasteiger partial charge in [0.1, 0.15) is 0 Å². The number of rotatable bonds is 7. The van der Waals surface area contributed by atoms with Crippen molar-refractivity contribution >= 4 is 33.6 Å². The second-order valence-corrected chi connectivity index (χ2v) is 8.64. The van der Waals surface area contributed by atoms with E-state index in [-0.39, 0.29) is 5.91 Å². The van der Waals surface area contributed by atoms with E-state index in [1.807, 2.05) is 40.9 Å². The van der Waals surface area contributed by atoms with E-state index in [4.69, 9.17) is 0 Å². The number of halogens is 1. The van der Waals surface area contributed by atoms with Crippen molar-refractivity contribution in [2.45, 2.75) is 49.8 Å². The number of amides is 1. The van der Waals surface area contributed by atoms with Gasteiger partial charge in [0.2, 0.25) is 11.1 Å². The number of carbonyl (C=O) groups is 1. The Kier molecular flexibility index (Phi) is 7.13. The van der Waals surface area contributed by atoms with Gasteiger partial charge in [-0.2, -0.15) is 0 Å². The maximum atomic E-state index is 12.6. The van der Waals surface area contributed by atoms with Crippen molar-refractivity contribution in [2.24, 2.45) is 0 Å². The fourth-order valence-electron chi connectivity index (χ4n) is 3.34. The van der Waals surface area contributed by atoms with Crippen LogP contribution in [0.15, 0.2) is 46.5 Å². The first-order chi connectivity index (χ1) is 13.1. The standard InChI is InChI=1S/C20H25BrN4OS/c1-3-13-25-19(15-9-11-16(21)12-10-15)22-20(23-25)27-14-18(26)24(2)17-7-5-4-6-8-17/h3,9-12,17H,1,4-8,13-14H2,2H3. The first kappa shape index (κ1) is 20.1. The molecule has 5 nitrogen and oxygen atoms in total. The van der Waals surface area contributed by atoms with Gasteiger partial charge in [-0.15, -0.1) is 11.7 Å². The summed E-state index contributed by atoms with van der Waals surface area (Å²) in [6.45, 7) is 4.38. The van der Waals surface area contributed by atoms with E-state index in [0.717, 1.165) is 28.7 Å². The summed E-state index contributed by atoms with van der Waals surface area (Å²) < 4.78 is 2.85. The van der Waals surface area contributed by atoms with Crippen molar-refractivity contribution in [3.8, 4) is 11.4 Å². The van der Waals surface area contributed by atoms with Crippen LogP contribution in [0, 0.1) is 0 Å². The van der Waals surface area contributed by atoms with Crippen LogP contribution >= 0.6 is 27.7 Å². The molecular weight excluding hydrogens is 424 g/mol. The van der Waals surface area contributed by atoms with Gasteiger partial charge in [0.05, 0.1) is 12.3 Å². The van der Waals surface area contributed by atoms with Gasteiger partial charge in [-0.05, 0) is 25.0 Å². The third-order valence-electron chi connectivity index (χ3n) is 4.90. The van der Waals surface area contributed by atoms with Gasteiger partial charge in [-0.1, -0.05) is 65.2 Å². The third kappa shape index (κ3) is 5.23. The van der Waals surface area contributed by atoms with Crippen LogP contribution in [0.25, 0.3) is 11.4 Å². The van der Waals surface area contributed by atoms with Gasteiger partial charge in [-0.3, -0.25) is 4.79 Å². The molecule has 2 aromatic rings. The first-order valence-corrected chi connectivity index (χ1v) is 11.1. The number of allylic oxidation sites excluding steroid dienone is 1. The minimum Gasteiger partial charge on any atom is -0.342 e. The molecule has 0 spiro atoms. The molecule has 0 radical (unpaired) electrons. The Morgan fingerprint density at radius 3 is 2.70 bits per heavy atom. The predicted molar refractivity (Wildman–Crippen MR) is 114 cm³/mol. The van der Waals surface area contributed by atoms with Crippen molar-refractivity contribution in [3.63, 3.8) is 0 Å². The molecule has 1 aliphatic carbocycles. The predicted octanol–water partition coefficient (Wildman–Crippen LogP) is 4.78. The van der Waals surface area contributed by atoms with Crippen molar-refractivity contribution in [1.29, 1.82) is 0 Å². The molecule has 3 rings (SSSR count). The minimum absolute atomic E-state index is 0.150. The minimum atomic E-state index is 0.150.